The van der Waals surface area contributed by atoms with Crippen molar-refractivity contribution in [1.82, 2.24) is 10.2 Å². The van der Waals surface area contributed by atoms with E-state index in [1.165, 1.54) is 25.5 Å². The van der Waals surface area contributed by atoms with Gasteiger partial charge in [0.15, 0.2) is 0 Å². The number of hydrogen-bond donors (Lipinski definition) is 1. The van der Waals surface area contributed by atoms with E-state index in [0.717, 1.165) is 43.2 Å². The topological polar surface area (TPSA) is 27.6 Å². The van der Waals surface area contributed by atoms with Gasteiger partial charge in [-0.05, 0) is 18.1 Å². The molecule has 1 N–H and O–H groups in total. The predicted molar refractivity (Wildman–Crippen MR) is 118 cm³/mol. The minimum absolute atomic E-state index is 0. The average Bonchev–Trinajstić information content (AvgIpc) is 2.70. The van der Waals surface area contributed by atoms with Gasteiger partial charge in [-0.25, -0.2) is 13.8 Å². The lowest BCUT2D eigenvalue weighted by molar-refractivity contribution is -0.00829. The van der Waals surface area contributed by atoms with Gasteiger partial charge in [-0.2, -0.15) is 0 Å². The SMILES string of the molecule is C=C(Cc1ccc(C(F)(F)CC)cc1)C(=N/C=C\C)N1CCNCC1.CCC.[HH]. The molecule has 0 unspecified atom stereocenters. The number of allylic oxidation sites excluding steroid dienone is 1. The fourth-order valence-electron chi connectivity index (χ4n) is 2.81. The first kappa shape index (κ1) is 24.0. The number of alkyl halides is 2. The number of aliphatic imine (C=N–C) groups is 1. The second-order valence-electron chi connectivity index (χ2n) is 6.91. The summed E-state index contributed by atoms with van der Waals surface area (Å²) in [4.78, 5) is 6.77. The summed E-state index contributed by atoms with van der Waals surface area (Å²) >= 11 is 0. The van der Waals surface area contributed by atoms with Gasteiger partial charge >= 0.3 is 0 Å². The van der Waals surface area contributed by atoms with Crippen LogP contribution in [-0.2, 0) is 12.3 Å². The lowest BCUT2D eigenvalue weighted by Gasteiger charge is -2.31. The summed E-state index contributed by atoms with van der Waals surface area (Å²) in [6.07, 6.45) is 5.31. The molecular formula is C23H37F2N3. The molecular weight excluding hydrogens is 356 g/mol. The summed E-state index contributed by atoms with van der Waals surface area (Å²) in [6.45, 7) is 15.5. The Bertz CT molecular complexity index is 649. The van der Waals surface area contributed by atoms with E-state index >= 15 is 0 Å². The number of nitrogens with zero attached hydrogens (tertiary/aromatic N) is 2. The van der Waals surface area contributed by atoms with Gasteiger partial charge in [-0.1, -0.05) is 64.1 Å². The Morgan fingerprint density at radius 2 is 1.79 bits per heavy atom. The fraction of sp³-hybridized carbons (Fsp3) is 0.522. The van der Waals surface area contributed by atoms with Crippen molar-refractivity contribution in [2.75, 3.05) is 26.2 Å². The Morgan fingerprint density at radius 1 is 1.21 bits per heavy atom. The highest BCUT2D eigenvalue weighted by molar-refractivity contribution is 5.98. The molecule has 0 saturated carbocycles. The largest absolute Gasteiger partial charge is 0.354 e. The summed E-state index contributed by atoms with van der Waals surface area (Å²) < 4.78 is 27.5. The lowest BCUT2D eigenvalue weighted by Crippen LogP contribution is -2.47. The van der Waals surface area contributed by atoms with Crippen LogP contribution >= 0.6 is 0 Å². The van der Waals surface area contributed by atoms with Gasteiger partial charge in [0.2, 0.25) is 0 Å². The van der Waals surface area contributed by atoms with E-state index in [-0.39, 0.29) is 13.4 Å². The normalized spacial score (nSPS) is 15.4. The molecule has 28 heavy (non-hydrogen) atoms. The van der Waals surface area contributed by atoms with E-state index in [4.69, 9.17) is 0 Å². The van der Waals surface area contributed by atoms with Gasteiger partial charge in [-0.3, -0.25) is 0 Å². The Kier molecular flexibility index (Phi) is 10.7. The molecule has 1 heterocycles. The first-order valence-corrected chi connectivity index (χ1v) is 10.2. The van der Waals surface area contributed by atoms with E-state index in [9.17, 15) is 8.78 Å². The number of benzene rings is 1. The van der Waals surface area contributed by atoms with Gasteiger partial charge in [0.25, 0.3) is 5.92 Å². The van der Waals surface area contributed by atoms with Gasteiger partial charge < -0.3 is 10.2 Å². The number of halogens is 2. The van der Waals surface area contributed by atoms with Crippen LogP contribution < -0.4 is 5.32 Å². The first-order valence-electron chi connectivity index (χ1n) is 10.2. The summed E-state index contributed by atoms with van der Waals surface area (Å²) in [7, 11) is 0. The van der Waals surface area contributed by atoms with Gasteiger partial charge in [0.1, 0.15) is 5.84 Å². The van der Waals surface area contributed by atoms with Crippen LogP contribution in [0.1, 0.15) is 53.1 Å². The second kappa shape index (κ2) is 12.4. The third-order valence-electron chi connectivity index (χ3n) is 4.32. The second-order valence-corrected chi connectivity index (χ2v) is 6.91. The molecule has 0 spiro atoms. The maximum atomic E-state index is 13.7. The zero-order valence-corrected chi connectivity index (χ0v) is 17.8. The van der Waals surface area contributed by atoms with Crippen LogP contribution in [0.3, 0.4) is 0 Å². The van der Waals surface area contributed by atoms with Crippen LogP contribution in [0, 0.1) is 0 Å². The van der Waals surface area contributed by atoms with E-state index in [2.05, 4.69) is 35.6 Å². The third-order valence-corrected chi connectivity index (χ3v) is 4.32. The van der Waals surface area contributed by atoms with Crippen molar-refractivity contribution in [3.05, 3.63) is 59.8 Å². The van der Waals surface area contributed by atoms with Gasteiger partial charge in [0, 0.05) is 52.2 Å². The first-order chi connectivity index (χ1) is 13.4. The summed E-state index contributed by atoms with van der Waals surface area (Å²) in [5.74, 6) is -1.89. The molecule has 1 aromatic carbocycles. The van der Waals surface area contributed by atoms with Crippen molar-refractivity contribution in [2.45, 2.75) is 52.9 Å². The smallest absolute Gasteiger partial charge is 0.273 e. The molecule has 5 heteroatoms. The zero-order valence-electron chi connectivity index (χ0n) is 17.8. The van der Waals surface area contributed by atoms with Crippen molar-refractivity contribution >= 4 is 5.84 Å². The molecule has 2 rings (SSSR count). The standard InChI is InChI=1S/C20H27F2N3.C3H8.H2/c1-4-10-24-19(25-13-11-23-12-14-25)16(3)15-17-6-8-18(9-7-17)20(21,22)5-2;1-3-2;/h4,6-10,23H,3,5,11-15H2,1-2H3;3H2,1-2H3;1H/b10-4-,24-19?;;. The maximum absolute atomic E-state index is 13.7. The molecule has 3 nitrogen and oxygen atoms in total. The summed E-state index contributed by atoms with van der Waals surface area (Å²) in [5, 5.41) is 3.32. The van der Waals surface area contributed by atoms with Crippen molar-refractivity contribution in [1.29, 1.82) is 0 Å². The summed E-state index contributed by atoms with van der Waals surface area (Å²) in [5.41, 5.74) is 1.92. The van der Waals surface area contributed by atoms with E-state index < -0.39 is 5.92 Å². The van der Waals surface area contributed by atoms with Crippen LogP contribution in [0.4, 0.5) is 8.78 Å². The molecule has 0 aliphatic carbocycles. The van der Waals surface area contributed by atoms with Gasteiger partial charge in [0.05, 0.1) is 0 Å². The molecule has 1 saturated heterocycles. The molecule has 1 aliphatic heterocycles. The van der Waals surface area contributed by atoms with E-state index in [0.29, 0.717) is 6.42 Å². The van der Waals surface area contributed by atoms with Crippen LogP contribution in [0.15, 0.2) is 53.7 Å². The molecule has 0 atom stereocenters. The third kappa shape index (κ3) is 7.55. The highest BCUT2D eigenvalue weighted by atomic mass is 19.3. The number of rotatable bonds is 6. The molecule has 1 aliphatic rings. The molecule has 158 valence electrons. The van der Waals surface area contributed by atoms with E-state index in [1.807, 2.05) is 13.0 Å². The number of piperazine rings is 1. The summed E-state index contributed by atoms with van der Waals surface area (Å²) in [6, 6.07) is 6.55. The zero-order chi connectivity index (χ0) is 21.0. The minimum atomic E-state index is -2.77. The van der Waals surface area contributed by atoms with E-state index in [1.54, 1.807) is 18.3 Å². The lowest BCUT2D eigenvalue weighted by atomic mass is 10.00. The van der Waals surface area contributed by atoms with Crippen molar-refractivity contribution in [3.8, 4) is 0 Å². The highest BCUT2D eigenvalue weighted by Gasteiger charge is 2.28. The van der Waals surface area contributed by atoms with Crippen LogP contribution in [0.5, 0.6) is 0 Å². The van der Waals surface area contributed by atoms with Gasteiger partial charge in [-0.15, -0.1) is 0 Å². The predicted octanol–water partition coefficient (Wildman–Crippen LogP) is 5.79. The molecule has 1 aromatic rings. The molecule has 0 bridgehead atoms. The monoisotopic (exact) mass is 393 g/mol. The molecule has 0 amide bonds. The number of hydrogen-bond acceptors (Lipinski definition) is 2. The maximum Gasteiger partial charge on any atom is 0.273 e. The average molecular weight is 394 g/mol. The Balaban J connectivity index is 0.00000184. The molecule has 1 fully saturated rings. The number of amidine groups is 1. The molecule has 0 aromatic heterocycles. The fourth-order valence-corrected chi connectivity index (χ4v) is 2.81. The van der Waals surface area contributed by atoms with Crippen LogP contribution in [0.25, 0.3) is 0 Å². The van der Waals surface area contributed by atoms with Crippen molar-refractivity contribution in [2.24, 2.45) is 4.99 Å². The van der Waals surface area contributed by atoms with Crippen LogP contribution in [-0.4, -0.2) is 36.9 Å². The Morgan fingerprint density at radius 3 is 2.29 bits per heavy atom. The molecule has 0 radical (unpaired) electrons. The Labute approximate surface area is 170 Å². The van der Waals surface area contributed by atoms with Crippen molar-refractivity contribution < 1.29 is 10.2 Å². The minimum Gasteiger partial charge on any atom is -0.354 e. The Hall–Kier alpha value is -2.01. The van der Waals surface area contributed by atoms with Crippen LogP contribution in [0.2, 0.25) is 0 Å². The van der Waals surface area contributed by atoms with Crippen molar-refractivity contribution in [3.63, 3.8) is 0 Å². The highest BCUT2D eigenvalue weighted by Crippen LogP contribution is 2.31. The number of nitrogens with one attached hydrogen (secondary N) is 1. The quantitative estimate of drug-likeness (QED) is 0.489.